The van der Waals surface area contributed by atoms with Gasteiger partial charge in [0.2, 0.25) is 0 Å². The minimum absolute atomic E-state index is 0.462. The number of furan rings is 1. The highest BCUT2D eigenvalue weighted by Crippen LogP contribution is 2.16. The molecule has 3 rings (SSSR count). The molecule has 3 aromatic rings. The van der Waals surface area contributed by atoms with Gasteiger partial charge < -0.3 is 9.52 Å². The van der Waals surface area contributed by atoms with Gasteiger partial charge in [-0.1, -0.05) is 18.2 Å². The summed E-state index contributed by atoms with van der Waals surface area (Å²) in [6.45, 7) is 0. The highest BCUT2D eigenvalue weighted by molar-refractivity contribution is 5.28. The first kappa shape index (κ1) is 11.7. The standard InChI is InChI=1S/C14H13N3O2/c18-14(8-11-6-7-19-10-11)13-9-15-17(16-13)12-4-2-1-3-5-12/h1-7,9-10,14,18H,8H2. The zero-order valence-corrected chi connectivity index (χ0v) is 10.2. The summed E-state index contributed by atoms with van der Waals surface area (Å²) in [5.74, 6) is 0. The zero-order valence-electron chi connectivity index (χ0n) is 10.2. The number of hydrogen-bond acceptors (Lipinski definition) is 4. The lowest BCUT2D eigenvalue weighted by Crippen LogP contribution is -2.04. The van der Waals surface area contributed by atoms with Crippen LogP contribution in [0.2, 0.25) is 0 Å². The molecule has 1 N–H and O–H groups in total. The molecule has 0 bridgehead atoms. The van der Waals surface area contributed by atoms with E-state index < -0.39 is 6.10 Å². The van der Waals surface area contributed by atoms with Crippen molar-refractivity contribution in [2.24, 2.45) is 0 Å². The summed E-state index contributed by atoms with van der Waals surface area (Å²) >= 11 is 0. The van der Waals surface area contributed by atoms with Crippen LogP contribution in [0.25, 0.3) is 5.69 Å². The minimum atomic E-state index is -0.685. The third-order valence-electron chi connectivity index (χ3n) is 2.85. The van der Waals surface area contributed by atoms with Gasteiger partial charge in [-0.25, -0.2) is 0 Å². The van der Waals surface area contributed by atoms with E-state index in [0.29, 0.717) is 12.1 Å². The normalized spacial score (nSPS) is 12.5. The van der Waals surface area contributed by atoms with Crippen LogP contribution in [0.15, 0.2) is 59.5 Å². The molecule has 1 aromatic carbocycles. The molecule has 0 amide bonds. The van der Waals surface area contributed by atoms with Crippen molar-refractivity contribution in [3.63, 3.8) is 0 Å². The average Bonchev–Trinajstić information content (AvgIpc) is 3.10. The van der Waals surface area contributed by atoms with Gasteiger partial charge in [-0.2, -0.15) is 15.0 Å². The first-order valence-electron chi connectivity index (χ1n) is 6.00. The van der Waals surface area contributed by atoms with Crippen molar-refractivity contribution in [1.82, 2.24) is 15.0 Å². The van der Waals surface area contributed by atoms with Crippen molar-refractivity contribution < 1.29 is 9.52 Å². The van der Waals surface area contributed by atoms with Crippen LogP contribution < -0.4 is 0 Å². The van der Waals surface area contributed by atoms with Crippen molar-refractivity contribution in [1.29, 1.82) is 0 Å². The van der Waals surface area contributed by atoms with Gasteiger partial charge in [0.25, 0.3) is 0 Å². The number of aromatic nitrogens is 3. The third-order valence-corrected chi connectivity index (χ3v) is 2.85. The first-order chi connectivity index (χ1) is 9.33. The molecule has 2 aromatic heterocycles. The van der Waals surface area contributed by atoms with Crippen molar-refractivity contribution in [3.8, 4) is 5.69 Å². The molecule has 1 unspecified atom stereocenters. The monoisotopic (exact) mass is 255 g/mol. The van der Waals surface area contributed by atoms with Crippen molar-refractivity contribution in [2.45, 2.75) is 12.5 Å². The van der Waals surface area contributed by atoms with Crippen LogP contribution in [0.5, 0.6) is 0 Å². The summed E-state index contributed by atoms with van der Waals surface area (Å²) in [5.41, 5.74) is 2.34. The fraction of sp³-hybridized carbons (Fsp3) is 0.143. The second-order valence-electron chi connectivity index (χ2n) is 4.25. The number of para-hydroxylation sites is 1. The van der Waals surface area contributed by atoms with E-state index in [1.54, 1.807) is 18.7 Å². The molecule has 0 saturated carbocycles. The quantitative estimate of drug-likeness (QED) is 0.775. The van der Waals surface area contributed by atoms with E-state index in [1.807, 2.05) is 36.4 Å². The topological polar surface area (TPSA) is 64.1 Å². The summed E-state index contributed by atoms with van der Waals surface area (Å²) < 4.78 is 4.97. The van der Waals surface area contributed by atoms with Gasteiger partial charge in [0, 0.05) is 6.42 Å². The Bertz CT molecular complexity index is 632. The van der Waals surface area contributed by atoms with E-state index in [9.17, 15) is 5.11 Å². The Hall–Kier alpha value is -2.40. The van der Waals surface area contributed by atoms with Crippen LogP contribution in [-0.2, 0) is 6.42 Å². The SMILES string of the molecule is OC(Cc1ccoc1)c1cnn(-c2ccccc2)n1. The summed E-state index contributed by atoms with van der Waals surface area (Å²) in [6.07, 6.45) is 4.56. The van der Waals surface area contributed by atoms with Gasteiger partial charge in [0.15, 0.2) is 0 Å². The van der Waals surface area contributed by atoms with Crippen LogP contribution in [0.3, 0.4) is 0 Å². The van der Waals surface area contributed by atoms with E-state index in [4.69, 9.17) is 4.42 Å². The van der Waals surface area contributed by atoms with Crippen LogP contribution >= 0.6 is 0 Å². The number of aliphatic hydroxyl groups is 1. The number of aliphatic hydroxyl groups excluding tert-OH is 1. The molecule has 5 nitrogen and oxygen atoms in total. The molecule has 2 heterocycles. The molecule has 19 heavy (non-hydrogen) atoms. The number of rotatable bonds is 4. The highest BCUT2D eigenvalue weighted by Gasteiger charge is 2.13. The molecule has 0 radical (unpaired) electrons. The van der Waals surface area contributed by atoms with Crippen molar-refractivity contribution >= 4 is 0 Å². The number of hydrogen-bond donors (Lipinski definition) is 1. The van der Waals surface area contributed by atoms with Gasteiger partial charge in [0.05, 0.1) is 24.4 Å². The summed E-state index contributed by atoms with van der Waals surface area (Å²) in [7, 11) is 0. The van der Waals surface area contributed by atoms with E-state index in [-0.39, 0.29) is 0 Å². The maximum absolute atomic E-state index is 10.1. The Labute approximate surface area is 110 Å². The van der Waals surface area contributed by atoms with E-state index >= 15 is 0 Å². The fourth-order valence-electron chi connectivity index (χ4n) is 1.85. The number of benzene rings is 1. The Morgan fingerprint density at radius 2 is 2.05 bits per heavy atom. The maximum atomic E-state index is 10.1. The average molecular weight is 255 g/mol. The van der Waals surface area contributed by atoms with Gasteiger partial charge in [-0.15, -0.1) is 0 Å². The summed E-state index contributed by atoms with van der Waals surface area (Å²) in [5, 5.41) is 18.5. The van der Waals surface area contributed by atoms with Crippen molar-refractivity contribution in [3.05, 3.63) is 66.4 Å². The first-order valence-corrected chi connectivity index (χ1v) is 6.00. The number of nitrogens with zero attached hydrogens (tertiary/aromatic N) is 3. The lowest BCUT2D eigenvalue weighted by molar-refractivity contribution is 0.173. The molecule has 1 atom stereocenters. The predicted octanol–water partition coefficient (Wildman–Crippen LogP) is 2.14. The lowest BCUT2D eigenvalue weighted by atomic mass is 10.1. The molecule has 0 aliphatic heterocycles. The molecule has 0 aliphatic rings. The highest BCUT2D eigenvalue weighted by atomic mass is 16.3. The molecule has 0 aliphatic carbocycles. The Morgan fingerprint density at radius 3 is 2.79 bits per heavy atom. The van der Waals surface area contributed by atoms with Gasteiger partial charge in [0.1, 0.15) is 11.8 Å². The smallest absolute Gasteiger partial charge is 0.112 e. The van der Waals surface area contributed by atoms with Crippen LogP contribution in [0.1, 0.15) is 17.4 Å². The van der Waals surface area contributed by atoms with E-state index in [1.165, 1.54) is 4.80 Å². The molecule has 96 valence electrons. The molecule has 0 fully saturated rings. The Balaban J connectivity index is 1.78. The molecule has 0 saturated heterocycles. The van der Waals surface area contributed by atoms with Gasteiger partial charge in [-0.3, -0.25) is 0 Å². The third kappa shape index (κ3) is 2.56. The fourth-order valence-corrected chi connectivity index (χ4v) is 1.85. The maximum Gasteiger partial charge on any atom is 0.112 e. The summed E-state index contributed by atoms with van der Waals surface area (Å²) in [6, 6.07) is 11.4. The Morgan fingerprint density at radius 1 is 1.21 bits per heavy atom. The van der Waals surface area contributed by atoms with Crippen LogP contribution in [0, 0.1) is 0 Å². The zero-order chi connectivity index (χ0) is 13.1. The van der Waals surface area contributed by atoms with Crippen molar-refractivity contribution in [2.75, 3.05) is 0 Å². The second kappa shape index (κ2) is 5.07. The molecular formula is C14H13N3O2. The molecule has 0 spiro atoms. The Kier molecular flexibility index (Phi) is 3.12. The minimum Gasteiger partial charge on any atom is -0.472 e. The van der Waals surface area contributed by atoms with Crippen LogP contribution in [-0.4, -0.2) is 20.1 Å². The second-order valence-corrected chi connectivity index (χ2v) is 4.25. The molecular weight excluding hydrogens is 242 g/mol. The predicted molar refractivity (Wildman–Crippen MR) is 68.7 cm³/mol. The van der Waals surface area contributed by atoms with Gasteiger partial charge >= 0.3 is 0 Å². The largest absolute Gasteiger partial charge is 0.472 e. The van der Waals surface area contributed by atoms with E-state index in [0.717, 1.165) is 11.3 Å². The summed E-state index contributed by atoms with van der Waals surface area (Å²) in [4.78, 5) is 1.51. The van der Waals surface area contributed by atoms with Crippen LogP contribution in [0.4, 0.5) is 0 Å². The lowest BCUT2D eigenvalue weighted by Gasteiger charge is -2.04. The van der Waals surface area contributed by atoms with E-state index in [2.05, 4.69) is 10.2 Å². The molecule has 5 heteroatoms. The van der Waals surface area contributed by atoms with Gasteiger partial charge in [-0.05, 0) is 23.8 Å².